The molecule has 35 nitrogen and oxygen atoms in total. The summed E-state index contributed by atoms with van der Waals surface area (Å²) >= 11 is 2.91. The maximum Gasteiger partial charge on any atom is 0.305 e. The number of sulfonamides is 2. The molecule has 7 heterocycles. The summed E-state index contributed by atoms with van der Waals surface area (Å²) in [6.07, 6.45) is 2.00. The molecule has 119 heavy (non-hydrogen) atoms. The van der Waals surface area contributed by atoms with E-state index in [0.717, 1.165) is 15.6 Å². The topological polar surface area (TPSA) is 462 Å². The van der Waals surface area contributed by atoms with E-state index in [9.17, 15) is 55.2 Å². The minimum Gasteiger partial charge on any atom is -0.497 e. The van der Waals surface area contributed by atoms with E-state index in [0.29, 0.717) is 68.7 Å². The molecular formula is C80H92N14O21S4. The molecule has 7 amide bonds. The average molecular weight is 1710 g/mol. The lowest BCUT2D eigenvalue weighted by atomic mass is 10.1. The minimum atomic E-state index is -4.57. The number of ether oxygens (including phenoxy) is 8. The smallest absolute Gasteiger partial charge is 0.305 e. The van der Waals surface area contributed by atoms with Crippen LogP contribution in [0, 0.1) is 11.8 Å². The molecule has 2 saturated heterocycles. The highest BCUT2D eigenvalue weighted by atomic mass is 32.2. The first-order valence-electron chi connectivity index (χ1n) is 38.1. The standard InChI is InChI=1S/C40H47N7O11S2.C40H45N7O10S2/c1-5-24-19-40(24,38(52)47-60(53,54)34-9-7-6-8-28(34)44-35(48)21-57-15-14-56-13-12-36(49)50)46-37(51)31-17-26(20-41-31)58-33-18-30(32-22-59-39(45-32)42-23(2)3)43-29-16-25(55-4)10-11-27(29)33;1-5-24-19-40(24)38(51)46-59(52,53)34-9-7-6-8-28(34)43-35(48)21-56-15-14-55-13-12-36(49)47-20-26(17-32(47)37(50)45-40)57-33-18-30(31-22-58-39(44-31)41-23(2)3)42-29-16-25(54-4)10-11-27(29)33/h5-11,16,18,22-24,26,31,41H,1,12-15,17,19-21H2,2-4H3,(H,42,45)(H,44,48)(H,46,51)(H,47,52)(H,49,50);5-11,16,18,22-24,26,32H,1,12-15,17,19-21H2,2-4H3,(H,41,44)(H,43,48)(H,45,50)(H,46,51)/t24-,26-,31+,40-;24-,26-,32+,40-/m11/s1. The zero-order valence-electron chi connectivity index (χ0n) is 65.9. The Kier molecular flexibility index (Phi) is 27.9. The molecule has 0 unspecified atom stereocenters. The predicted octanol–water partition coefficient (Wildman–Crippen LogP) is 6.79. The largest absolute Gasteiger partial charge is 0.497 e. The van der Waals surface area contributed by atoms with Gasteiger partial charge in [0.15, 0.2) is 10.3 Å². The van der Waals surface area contributed by atoms with Gasteiger partial charge in [0, 0.05) is 89.1 Å². The van der Waals surface area contributed by atoms with Crippen molar-refractivity contribution in [1.82, 2.24) is 50.2 Å². The highest BCUT2D eigenvalue weighted by Crippen LogP contribution is 2.47. The lowest BCUT2D eigenvalue weighted by molar-refractivity contribution is -0.140. The first-order valence-corrected chi connectivity index (χ1v) is 42.9. The molecule has 13 rings (SSSR count). The molecule has 2 saturated carbocycles. The highest BCUT2D eigenvalue weighted by Gasteiger charge is 2.63. The van der Waals surface area contributed by atoms with Crippen LogP contribution in [0.3, 0.4) is 0 Å². The number of nitrogens with zero attached hydrogens (tertiary/aromatic N) is 5. The van der Waals surface area contributed by atoms with E-state index in [-0.39, 0.29) is 118 Å². The first kappa shape index (κ1) is 87.0. The van der Waals surface area contributed by atoms with Gasteiger partial charge in [-0.3, -0.25) is 38.4 Å². The van der Waals surface area contributed by atoms with Crippen molar-refractivity contribution in [3.8, 4) is 45.8 Å². The summed E-state index contributed by atoms with van der Waals surface area (Å²) in [5.41, 5.74) is 0.201. The second kappa shape index (κ2) is 38.2. The zero-order chi connectivity index (χ0) is 84.9. The summed E-state index contributed by atoms with van der Waals surface area (Å²) in [6.45, 7) is 15.2. The Hall–Kier alpha value is -11.3. The fourth-order valence-electron chi connectivity index (χ4n) is 13.7. The molecule has 10 N–H and O–H groups in total. The Labute approximate surface area is 693 Å². The van der Waals surface area contributed by atoms with E-state index in [1.165, 1.54) is 88.3 Å². The van der Waals surface area contributed by atoms with Gasteiger partial charge in [0.25, 0.3) is 31.9 Å². The lowest BCUT2D eigenvalue weighted by Crippen LogP contribution is -2.56. The van der Waals surface area contributed by atoms with E-state index in [1.807, 2.05) is 68.8 Å². The molecule has 2 aliphatic carbocycles. The monoisotopic (exact) mass is 1710 g/mol. The fourth-order valence-corrected chi connectivity index (χ4v) is 17.8. The normalized spacial score (nSPS) is 21.9. The number of fused-ring (bicyclic) bond motifs is 4. The third-order valence-electron chi connectivity index (χ3n) is 19.8. The van der Waals surface area contributed by atoms with Crippen LogP contribution < -0.4 is 65.6 Å². The van der Waals surface area contributed by atoms with Crippen LogP contribution in [-0.2, 0) is 77.4 Å². The van der Waals surface area contributed by atoms with Crippen LogP contribution in [0.4, 0.5) is 21.6 Å². The Balaban J connectivity index is 0.000000219. The van der Waals surface area contributed by atoms with Crippen LogP contribution in [0.5, 0.6) is 23.0 Å². The highest BCUT2D eigenvalue weighted by molar-refractivity contribution is 7.90. The van der Waals surface area contributed by atoms with Gasteiger partial charge in [-0.1, -0.05) is 36.4 Å². The number of amides is 7. The van der Waals surface area contributed by atoms with Gasteiger partial charge in [0.05, 0.1) is 113 Å². The molecule has 39 heteroatoms. The number of hydrogen-bond acceptors (Lipinski definition) is 29. The van der Waals surface area contributed by atoms with E-state index in [2.05, 4.69) is 59.8 Å². The fraction of sp³-hybridized carbons (Fsp3) is 0.400. The van der Waals surface area contributed by atoms with Crippen molar-refractivity contribution in [2.24, 2.45) is 11.8 Å². The molecule has 1 spiro atoms. The van der Waals surface area contributed by atoms with Crippen LogP contribution in [0.2, 0.25) is 0 Å². The van der Waals surface area contributed by atoms with Gasteiger partial charge in [-0.15, -0.1) is 35.8 Å². The van der Waals surface area contributed by atoms with Crippen LogP contribution >= 0.6 is 22.7 Å². The predicted molar refractivity (Wildman–Crippen MR) is 441 cm³/mol. The molecule has 4 aromatic carbocycles. The van der Waals surface area contributed by atoms with Gasteiger partial charge in [-0.25, -0.2) is 46.2 Å². The van der Waals surface area contributed by atoms with Crippen LogP contribution in [0.1, 0.15) is 66.2 Å². The van der Waals surface area contributed by atoms with E-state index < -0.39 is 128 Å². The van der Waals surface area contributed by atoms with Gasteiger partial charge in [0.2, 0.25) is 29.5 Å². The summed E-state index contributed by atoms with van der Waals surface area (Å²) in [5, 5.41) is 35.7. The van der Waals surface area contributed by atoms with Crippen molar-refractivity contribution in [1.29, 1.82) is 0 Å². The maximum atomic E-state index is 14.3. The van der Waals surface area contributed by atoms with Crippen molar-refractivity contribution in [2.75, 3.05) is 101 Å². The van der Waals surface area contributed by atoms with E-state index in [4.69, 9.17) is 62.9 Å². The second-order valence-electron chi connectivity index (χ2n) is 29.1. The number of carboxylic acids is 1. The first-order chi connectivity index (χ1) is 57.0. The summed E-state index contributed by atoms with van der Waals surface area (Å²) < 4.78 is 104. The van der Waals surface area contributed by atoms with Crippen molar-refractivity contribution in [3.63, 3.8) is 0 Å². The summed E-state index contributed by atoms with van der Waals surface area (Å²) in [6, 6.07) is 24.0. The molecule has 5 aliphatic rings. The molecule has 8 aromatic rings. The molecule has 4 aromatic heterocycles. The van der Waals surface area contributed by atoms with E-state index >= 15 is 0 Å². The Morgan fingerprint density at radius 3 is 1.96 bits per heavy atom. The molecule has 3 aliphatic heterocycles. The number of carboxylic acid groups (broad SMARTS) is 1. The number of carbonyl (C=O) groups is 8. The molecule has 0 radical (unpaired) electrons. The number of benzene rings is 4. The van der Waals surface area contributed by atoms with Gasteiger partial charge < -0.3 is 85.1 Å². The van der Waals surface area contributed by atoms with Crippen LogP contribution in [0.25, 0.3) is 44.6 Å². The third-order valence-corrected chi connectivity index (χ3v) is 24.1. The molecule has 4 fully saturated rings. The molecular weight excluding hydrogens is 1620 g/mol. The molecule has 632 valence electrons. The SMILES string of the molecule is C=C[C@@H]1C[C@@]12NC(=O)[C@@H]1C[C@@H](Oc3cc(-c4csc(NC(C)C)n4)nc4cc(OC)ccc34)CN1C(=O)CCOCCOCC(=O)Nc1ccccc1S(=O)(=O)NC2=O.C=C[C@@H]1C[C@]1(NC(=O)[C@@H]1C[C@@H](Oc2cc(-c3csc(NC(C)C)n3)nc3cc(OC)ccc23)CN1)C(=O)NS(=O)(=O)c1ccccc1NC(=O)COCCOCCC(=O)O. The third kappa shape index (κ3) is 21.4. The Morgan fingerprint density at radius 1 is 0.731 bits per heavy atom. The van der Waals surface area contributed by atoms with Gasteiger partial charge >= 0.3 is 5.97 Å². The Morgan fingerprint density at radius 2 is 1.34 bits per heavy atom. The number of aliphatic carboxylic acids is 1. The number of rotatable bonds is 28. The van der Waals surface area contributed by atoms with Crippen molar-refractivity contribution in [2.45, 2.75) is 123 Å². The quantitative estimate of drug-likeness (QED) is 0.0178. The lowest BCUT2D eigenvalue weighted by Gasteiger charge is -2.26. The summed E-state index contributed by atoms with van der Waals surface area (Å²) in [4.78, 5) is 125. The van der Waals surface area contributed by atoms with Crippen molar-refractivity contribution >= 4 is 133 Å². The minimum absolute atomic E-state index is 0.00233. The number of nitrogens with one attached hydrogen (secondary N) is 9. The number of para-hydroxylation sites is 2. The van der Waals surface area contributed by atoms with Gasteiger partial charge in [-0.2, -0.15) is 0 Å². The number of hydrogen-bond donors (Lipinski definition) is 10. The zero-order valence-corrected chi connectivity index (χ0v) is 69.1. The van der Waals surface area contributed by atoms with Crippen LogP contribution in [0.15, 0.2) is 143 Å². The molecule has 8 atom stereocenters. The van der Waals surface area contributed by atoms with Gasteiger partial charge in [0.1, 0.15) is 86.7 Å². The number of anilines is 4. The second-order valence-corrected chi connectivity index (χ2v) is 34.1. The number of aromatic nitrogens is 4. The summed E-state index contributed by atoms with van der Waals surface area (Å²) in [5.74, 6) is -4.84. The van der Waals surface area contributed by atoms with Crippen molar-refractivity contribution in [3.05, 3.63) is 133 Å². The number of methoxy groups -OCH3 is 2. The average Bonchev–Trinajstić information content (AvgIpc) is 1.58. The van der Waals surface area contributed by atoms with Crippen molar-refractivity contribution < 1.29 is 98.2 Å². The van der Waals surface area contributed by atoms with E-state index in [1.54, 1.807) is 32.4 Å². The Bertz CT molecular complexity index is 5400. The summed E-state index contributed by atoms with van der Waals surface area (Å²) in [7, 11) is -6.00. The van der Waals surface area contributed by atoms with Gasteiger partial charge in [-0.05, 0) is 89.1 Å². The number of thiazole rings is 2. The number of carbonyl (C=O) groups excluding carboxylic acids is 7. The maximum absolute atomic E-state index is 14.3. The number of pyridine rings is 2. The molecule has 0 bridgehead atoms. The van der Waals surface area contributed by atoms with Crippen LogP contribution in [-0.4, -0.2) is 222 Å².